The summed E-state index contributed by atoms with van der Waals surface area (Å²) in [7, 11) is 0. The fraction of sp³-hybridized carbons (Fsp3) is 0.909. The summed E-state index contributed by atoms with van der Waals surface area (Å²) in [6.45, 7) is 10.5. The topological polar surface area (TPSA) is 52.6 Å². The molecule has 0 heterocycles. The van der Waals surface area contributed by atoms with E-state index in [9.17, 15) is 4.79 Å². The van der Waals surface area contributed by atoms with Gasteiger partial charge < -0.3 is 15.3 Å². The highest BCUT2D eigenvalue weighted by molar-refractivity contribution is 5.78. The standard InChI is InChI=1S/C11H24N2O2/c1-5-13(6-2)10(15)7-12-8-11(3,4)9-14/h12,14H,5-9H2,1-4H3. The fourth-order valence-electron chi connectivity index (χ4n) is 1.25. The van der Waals surface area contributed by atoms with Crippen molar-refractivity contribution in [3.8, 4) is 0 Å². The zero-order chi connectivity index (χ0) is 11.9. The molecule has 0 bridgehead atoms. The van der Waals surface area contributed by atoms with Crippen molar-refractivity contribution in [1.29, 1.82) is 0 Å². The van der Waals surface area contributed by atoms with Gasteiger partial charge in [0, 0.05) is 31.7 Å². The summed E-state index contributed by atoms with van der Waals surface area (Å²) in [5.41, 5.74) is -0.163. The van der Waals surface area contributed by atoms with Crippen molar-refractivity contribution in [2.24, 2.45) is 5.41 Å². The van der Waals surface area contributed by atoms with E-state index in [-0.39, 0.29) is 17.9 Å². The van der Waals surface area contributed by atoms with Crippen LogP contribution in [0.4, 0.5) is 0 Å². The molecule has 2 N–H and O–H groups in total. The summed E-state index contributed by atoms with van der Waals surface area (Å²) >= 11 is 0. The lowest BCUT2D eigenvalue weighted by molar-refractivity contribution is -0.129. The maximum Gasteiger partial charge on any atom is 0.236 e. The van der Waals surface area contributed by atoms with E-state index >= 15 is 0 Å². The van der Waals surface area contributed by atoms with E-state index in [1.807, 2.05) is 27.7 Å². The maximum absolute atomic E-state index is 11.6. The molecule has 0 aliphatic rings. The minimum atomic E-state index is -0.163. The van der Waals surface area contributed by atoms with Gasteiger partial charge in [-0.2, -0.15) is 0 Å². The molecule has 4 nitrogen and oxygen atoms in total. The zero-order valence-corrected chi connectivity index (χ0v) is 10.3. The fourth-order valence-corrected chi connectivity index (χ4v) is 1.25. The van der Waals surface area contributed by atoms with E-state index < -0.39 is 0 Å². The molecule has 0 unspecified atom stereocenters. The smallest absolute Gasteiger partial charge is 0.236 e. The molecule has 0 spiro atoms. The Balaban J connectivity index is 3.81. The molecule has 0 aromatic heterocycles. The molecular formula is C11H24N2O2. The van der Waals surface area contributed by atoms with Crippen molar-refractivity contribution in [3.63, 3.8) is 0 Å². The summed E-state index contributed by atoms with van der Waals surface area (Å²) < 4.78 is 0. The van der Waals surface area contributed by atoms with Crippen molar-refractivity contribution in [1.82, 2.24) is 10.2 Å². The summed E-state index contributed by atoms with van der Waals surface area (Å²) in [4.78, 5) is 13.4. The van der Waals surface area contributed by atoms with Gasteiger partial charge in [-0.15, -0.1) is 0 Å². The van der Waals surface area contributed by atoms with Crippen molar-refractivity contribution < 1.29 is 9.90 Å². The number of rotatable bonds is 7. The van der Waals surface area contributed by atoms with Crippen LogP contribution in [0.15, 0.2) is 0 Å². The highest BCUT2D eigenvalue weighted by Crippen LogP contribution is 2.10. The Kier molecular flexibility index (Phi) is 6.52. The Morgan fingerprint density at radius 2 is 1.87 bits per heavy atom. The molecule has 90 valence electrons. The van der Waals surface area contributed by atoms with E-state index in [0.29, 0.717) is 13.1 Å². The third kappa shape index (κ3) is 5.74. The van der Waals surface area contributed by atoms with Crippen LogP contribution in [0, 0.1) is 5.41 Å². The molecule has 0 aromatic rings. The lowest BCUT2D eigenvalue weighted by atomic mass is 9.95. The third-order valence-electron chi connectivity index (χ3n) is 2.42. The molecule has 1 amide bonds. The summed E-state index contributed by atoms with van der Waals surface area (Å²) in [5.74, 6) is 0.119. The van der Waals surface area contributed by atoms with E-state index in [2.05, 4.69) is 5.32 Å². The Bertz CT molecular complexity index is 189. The predicted molar refractivity (Wildman–Crippen MR) is 61.7 cm³/mol. The number of aliphatic hydroxyl groups excluding tert-OH is 1. The summed E-state index contributed by atoms with van der Waals surface area (Å²) in [6, 6.07) is 0. The molecule has 0 aliphatic carbocycles. The van der Waals surface area contributed by atoms with Crippen LogP contribution < -0.4 is 5.32 Å². The first-order valence-electron chi connectivity index (χ1n) is 5.56. The number of carbonyl (C=O) groups excluding carboxylic acids is 1. The monoisotopic (exact) mass is 216 g/mol. The van der Waals surface area contributed by atoms with E-state index in [1.165, 1.54) is 0 Å². The van der Waals surface area contributed by atoms with Gasteiger partial charge in [0.25, 0.3) is 0 Å². The number of carbonyl (C=O) groups is 1. The lowest BCUT2D eigenvalue weighted by Crippen LogP contribution is -2.41. The first-order valence-corrected chi connectivity index (χ1v) is 5.56. The van der Waals surface area contributed by atoms with Crippen LogP contribution in [-0.4, -0.2) is 48.7 Å². The normalized spacial score (nSPS) is 11.5. The van der Waals surface area contributed by atoms with Crippen LogP contribution in [0.25, 0.3) is 0 Å². The van der Waals surface area contributed by atoms with Gasteiger partial charge in [-0.3, -0.25) is 4.79 Å². The molecule has 0 radical (unpaired) electrons. The molecule has 0 aromatic carbocycles. The largest absolute Gasteiger partial charge is 0.396 e. The molecule has 0 atom stereocenters. The number of hydrogen-bond acceptors (Lipinski definition) is 3. The Morgan fingerprint density at radius 3 is 2.27 bits per heavy atom. The first-order chi connectivity index (χ1) is 6.96. The van der Waals surface area contributed by atoms with Gasteiger partial charge in [-0.25, -0.2) is 0 Å². The van der Waals surface area contributed by atoms with Gasteiger partial charge in [-0.05, 0) is 13.8 Å². The number of amides is 1. The van der Waals surface area contributed by atoms with E-state index in [1.54, 1.807) is 4.90 Å². The molecule has 15 heavy (non-hydrogen) atoms. The van der Waals surface area contributed by atoms with Gasteiger partial charge in [0.2, 0.25) is 5.91 Å². The second kappa shape index (κ2) is 6.80. The second-order valence-electron chi connectivity index (χ2n) is 4.49. The van der Waals surface area contributed by atoms with Crippen molar-refractivity contribution in [2.45, 2.75) is 27.7 Å². The average Bonchev–Trinajstić information content (AvgIpc) is 2.19. The van der Waals surface area contributed by atoms with Gasteiger partial charge in [0.05, 0.1) is 6.54 Å². The van der Waals surface area contributed by atoms with E-state index in [0.717, 1.165) is 13.1 Å². The highest BCUT2D eigenvalue weighted by Gasteiger charge is 2.17. The number of likely N-dealkylation sites (N-methyl/N-ethyl adjacent to an activating group) is 1. The molecule has 0 aliphatic heterocycles. The first kappa shape index (κ1) is 14.4. The van der Waals surface area contributed by atoms with Gasteiger partial charge in [0.15, 0.2) is 0 Å². The second-order valence-corrected chi connectivity index (χ2v) is 4.49. The van der Waals surface area contributed by atoms with Crippen LogP contribution in [0.1, 0.15) is 27.7 Å². The zero-order valence-electron chi connectivity index (χ0n) is 10.3. The Hall–Kier alpha value is -0.610. The maximum atomic E-state index is 11.6. The highest BCUT2D eigenvalue weighted by atomic mass is 16.3. The van der Waals surface area contributed by atoms with Crippen LogP contribution in [-0.2, 0) is 4.79 Å². The Labute approximate surface area is 92.7 Å². The van der Waals surface area contributed by atoms with Crippen molar-refractivity contribution >= 4 is 5.91 Å². The minimum absolute atomic E-state index is 0.119. The molecule has 0 fully saturated rings. The summed E-state index contributed by atoms with van der Waals surface area (Å²) in [6.07, 6.45) is 0. The molecule has 4 heteroatoms. The molecular weight excluding hydrogens is 192 g/mol. The minimum Gasteiger partial charge on any atom is -0.396 e. The number of nitrogens with one attached hydrogen (secondary N) is 1. The quantitative estimate of drug-likeness (QED) is 0.650. The van der Waals surface area contributed by atoms with Crippen molar-refractivity contribution in [2.75, 3.05) is 32.8 Å². The number of aliphatic hydroxyl groups is 1. The van der Waals surface area contributed by atoms with Crippen LogP contribution >= 0.6 is 0 Å². The predicted octanol–water partition coefficient (Wildman–Crippen LogP) is 0.463. The van der Waals surface area contributed by atoms with Gasteiger partial charge >= 0.3 is 0 Å². The molecule has 0 saturated carbocycles. The van der Waals surface area contributed by atoms with Crippen LogP contribution in [0.2, 0.25) is 0 Å². The van der Waals surface area contributed by atoms with Gasteiger partial charge in [0.1, 0.15) is 0 Å². The van der Waals surface area contributed by atoms with E-state index in [4.69, 9.17) is 5.11 Å². The average molecular weight is 216 g/mol. The lowest BCUT2D eigenvalue weighted by Gasteiger charge is -2.23. The SMILES string of the molecule is CCN(CC)C(=O)CNCC(C)(C)CO. The number of nitrogens with zero attached hydrogens (tertiary/aromatic N) is 1. The summed E-state index contributed by atoms with van der Waals surface area (Å²) in [5, 5.41) is 12.1. The molecule has 0 rings (SSSR count). The van der Waals surface area contributed by atoms with Crippen LogP contribution in [0.3, 0.4) is 0 Å². The third-order valence-corrected chi connectivity index (χ3v) is 2.42. The van der Waals surface area contributed by atoms with Crippen molar-refractivity contribution in [3.05, 3.63) is 0 Å². The van der Waals surface area contributed by atoms with Gasteiger partial charge in [-0.1, -0.05) is 13.8 Å². The Morgan fingerprint density at radius 1 is 1.33 bits per heavy atom. The molecule has 0 saturated heterocycles. The van der Waals surface area contributed by atoms with Crippen LogP contribution in [0.5, 0.6) is 0 Å². The number of hydrogen-bond donors (Lipinski definition) is 2.